The molecule has 0 aliphatic rings. The zero-order valence-corrected chi connectivity index (χ0v) is 5.51. The summed E-state index contributed by atoms with van der Waals surface area (Å²) in [7, 11) is 0. The van der Waals surface area contributed by atoms with E-state index >= 15 is 0 Å². The minimum atomic E-state index is 0.453. The minimum Gasteiger partial charge on any atom is -0.355 e. The molecule has 0 fully saturated rings. The second-order valence-corrected chi connectivity index (χ2v) is 1.99. The summed E-state index contributed by atoms with van der Waals surface area (Å²) in [6.07, 6.45) is 0.688. The van der Waals surface area contributed by atoms with Crippen LogP contribution in [0.5, 0.6) is 0 Å². The number of H-pyrrole nitrogens is 1. The number of rotatable bonds is 1. The van der Waals surface area contributed by atoms with Gasteiger partial charge in [-0.3, -0.25) is 4.79 Å². The van der Waals surface area contributed by atoms with Crippen LogP contribution in [0.2, 0.25) is 0 Å². The molecule has 0 radical (unpaired) electrons. The molecule has 50 valence electrons. The standard InChI is InChI=1S/C7H6N2O/c1-5-6(3-8)2-7(4-10)9-5/h2,4,9H,1H3. The molecule has 0 saturated heterocycles. The summed E-state index contributed by atoms with van der Waals surface area (Å²) >= 11 is 0. The van der Waals surface area contributed by atoms with Crippen molar-refractivity contribution in [2.24, 2.45) is 0 Å². The van der Waals surface area contributed by atoms with Crippen molar-refractivity contribution in [1.82, 2.24) is 4.98 Å². The number of nitriles is 1. The van der Waals surface area contributed by atoms with Crippen LogP contribution in [-0.4, -0.2) is 11.3 Å². The van der Waals surface area contributed by atoms with Crippen LogP contribution in [0.3, 0.4) is 0 Å². The van der Waals surface area contributed by atoms with Gasteiger partial charge in [-0.15, -0.1) is 0 Å². The van der Waals surface area contributed by atoms with Crippen LogP contribution in [0.25, 0.3) is 0 Å². The molecule has 0 atom stereocenters. The number of aromatic amines is 1. The van der Waals surface area contributed by atoms with Crippen molar-refractivity contribution in [3.63, 3.8) is 0 Å². The predicted octanol–water partition coefficient (Wildman–Crippen LogP) is 1.01. The molecule has 0 spiro atoms. The molecule has 1 aromatic rings. The van der Waals surface area contributed by atoms with Crippen LogP contribution < -0.4 is 0 Å². The molecular formula is C7H6N2O. The van der Waals surface area contributed by atoms with E-state index in [4.69, 9.17) is 5.26 Å². The third-order valence-corrected chi connectivity index (χ3v) is 1.28. The highest BCUT2D eigenvalue weighted by Crippen LogP contribution is 2.05. The van der Waals surface area contributed by atoms with E-state index in [1.54, 1.807) is 6.92 Å². The lowest BCUT2D eigenvalue weighted by atomic mass is 10.3. The first-order chi connectivity index (χ1) is 4.77. The van der Waals surface area contributed by atoms with Crippen molar-refractivity contribution < 1.29 is 4.79 Å². The molecule has 0 aliphatic carbocycles. The number of carbonyl (C=O) groups excluding carboxylic acids is 1. The number of nitrogens with zero attached hydrogens (tertiary/aromatic N) is 1. The number of aryl methyl sites for hydroxylation is 1. The fourth-order valence-electron chi connectivity index (χ4n) is 0.763. The predicted molar refractivity (Wildman–Crippen MR) is 35.6 cm³/mol. The molecule has 1 N–H and O–H groups in total. The average molecular weight is 134 g/mol. The Bertz CT molecular complexity index is 293. The van der Waals surface area contributed by atoms with Gasteiger partial charge in [0.1, 0.15) is 6.07 Å². The Morgan fingerprint density at radius 2 is 2.50 bits per heavy atom. The average Bonchev–Trinajstić information content (AvgIpc) is 2.30. The van der Waals surface area contributed by atoms with Gasteiger partial charge in [-0.25, -0.2) is 0 Å². The number of hydrogen-bond acceptors (Lipinski definition) is 2. The van der Waals surface area contributed by atoms with Crippen LogP contribution in [0, 0.1) is 18.3 Å². The van der Waals surface area contributed by atoms with Crippen LogP contribution in [0.4, 0.5) is 0 Å². The Balaban J connectivity index is 3.19. The third kappa shape index (κ3) is 0.914. The summed E-state index contributed by atoms with van der Waals surface area (Å²) in [6.45, 7) is 1.76. The van der Waals surface area contributed by atoms with Gasteiger partial charge in [-0.1, -0.05) is 0 Å². The van der Waals surface area contributed by atoms with E-state index in [9.17, 15) is 4.79 Å². The summed E-state index contributed by atoms with van der Waals surface area (Å²) in [5.41, 5.74) is 1.72. The summed E-state index contributed by atoms with van der Waals surface area (Å²) in [4.78, 5) is 12.9. The SMILES string of the molecule is Cc1[nH]c(C=O)cc1C#N. The Kier molecular flexibility index (Phi) is 1.55. The highest BCUT2D eigenvalue weighted by atomic mass is 16.1. The van der Waals surface area contributed by atoms with Gasteiger partial charge in [-0.05, 0) is 13.0 Å². The van der Waals surface area contributed by atoms with Crippen LogP contribution in [0.1, 0.15) is 21.7 Å². The lowest BCUT2D eigenvalue weighted by Crippen LogP contribution is -1.76. The van der Waals surface area contributed by atoms with Crippen molar-refractivity contribution in [3.05, 3.63) is 23.0 Å². The fourth-order valence-corrected chi connectivity index (χ4v) is 0.763. The van der Waals surface area contributed by atoms with Gasteiger partial charge < -0.3 is 4.98 Å². The van der Waals surface area contributed by atoms with Gasteiger partial charge in [0.2, 0.25) is 0 Å². The van der Waals surface area contributed by atoms with Gasteiger partial charge in [0.15, 0.2) is 6.29 Å². The third-order valence-electron chi connectivity index (χ3n) is 1.28. The van der Waals surface area contributed by atoms with Crippen molar-refractivity contribution in [3.8, 4) is 6.07 Å². The van der Waals surface area contributed by atoms with Gasteiger partial charge in [0.05, 0.1) is 11.3 Å². The second kappa shape index (κ2) is 2.36. The zero-order chi connectivity index (χ0) is 7.56. The highest BCUT2D eigenvalue weighted by Gasteiger charge is 2.00. The smallest absolute Gasteiger partial charge is 0.166 e. The molecule has 3 nitrogen and oxygen atoms in total. The summed E-state index contributed by atoms with van der Waals surface area (Å²) in [5, 5.41) is 8.44. The molecule has 3 heteroatoms. The van der Waals surface area contributed by atoms with E-state index in [1.165, 1.54) is 6.07 Å². The number of nitrogens with one attached hydrogen (secondary N) is 1. The lowest BCUT2D eigenvalue weighted by molar-refractivity contribution is 0.111. The topological polar surface area (TPSA) is 56.6 Å². The number of carbonyl (C=O) groups is 1. The molecular weight excluding hydrogens is 128 g/mol. The molecule has 1 rings (SSSR count). The number of aldehydes is 1. The lowest BCUT2D eigenvalue weighted by Gasteiger charge is -1.79. The van der Waals surface area contributed by atoms with Crippen LogP contribution >= 0.6 is 0 Å². The maximum atomic E-state index is 10.1. The quantitative estimate of drug-likeness (QED) is 0.582. The summed E-state index contributed by atoms with van der Waals surface area (Å²) < 4.78 is 0. The molecule has 0 bridgehead atoms. The van der Waals surface area contributed by atoms with Gasteiger partial charge in [0, 0.05) is 5.69 Å². The Morgan fingerprint density at radius 1 is 1.80 bits per heavy atom. The summed E-state index contributed by atoms with van der Waals surface area (Å²) in [6, 6.07) is 3.49. The van der Waals surface area contributed by atoms with Crippen LogP contribution in [-0.2, 0) is 0 Å². The molecule has 0 aromatic carbocycles. The van der Waals surface area contributed by atoms with Gasteiger partial charge in [0.25, 0.3) is 0 Å². The minimum absolute atomic E-state index is 0.453. The van der Waals surface area contributed by atoms with Crippen LogP contribution in [0.15, 0.2) is 6.07 Å². The molecule has 0 aliphatic heterocycles. The summed E-state index contributed by atoms with van der Waals surface area (Å²) in [5.74, 6) is 0. The number of aromatic nitrogens is 1. The van der Waals surface area contributed by atoms with E-state index in [0.717, 1.165) is 5.69 Å². The van der Waals surface area contributed by atoms with Crippen molar-refractivity contribution >= 4 is 6.29 Å². The molecule has 1 aromatic heterocycles. The zero-order valence-electron chi connectivity index (χ0n) is 5.51. The molecule has 10 heavy (non-hydrogen) atoms. The van der Waals surface area contributed by atoms with E-state index in [-0.39, 0.29) is 0 Å². The fraction of sp³-hybridized carbons (Fsp3) is 0.143. The largest absolute Gasteiger partial charge is 0.355 e. The molecule has 0 saturated carbocycles. The van der Waals surface area contributed by atoms with Crippen molar-refractivity contribution in [1.29, 1.82) is 5.26 Å². The first kappa shape index (κ1) is 6.56. The normalized spacial score (nSPS) is 8.80. The Hall–Kier alpha value is -1.56. The monoisotopic (exact) mass is 134 g/mol. The second-order valence-electron chi connectivity index (χ2n) is 1.99. The maximum absolute atomic E-state index is 10.1. The maximum Gasteiger partial charge on any atom is 0.166 e. The molecule has 0 amide bonds. The first-order valence-electron chi connectivity index (χ1n) is 2.83. The van der Waals surface area contributed by atoms with Crippen molar-refractivity contribution in [2.45, 2.75) is 6.92 Å². The van der Waals surface area contributed by atoms with E-state index < -0.39 is 0 Å². The Morgan fingerprint density at radius 3 is 2.80 bits per heavy atom. The number of hydrogen-bond donors (Lipinski definition) is 1. The van der Waals surface area contributed by atoms with Crippen molar-refractivity contribution in [2.75, 3.05) is 0 Å². The molecule has 1 heterocycles. The molecule has 0 unspecified atom stereocenters. The van der Waals surface area contributed by atoms with Gasteiger partial charge >= 0.3 is 0 Å². The first-order valence-corrected chi connectivity index (χ1v) is 2.83. The van der Waals surface area contributed by atoms with E-state index in [1.807, 2.05) is 6.07 Å². The van der Waals surface area contributed by atoms with E-state index in [0.29, 0.717) is 17.5 Å². The van der Waals surface area contributed by atoms with Gasteiger partial charge in [-0.2, -0.15) is 5.26 Å². The van der Waals surface area contributed by atoms with E-state index in [2.05, 4.69) is 4.98 Å². The highest BCUT2D eigenvalue weighted by molar-refractivity contribution is 5.73. The Labute approximate surface area is 58.3 Å².